The van der Waals surface area contributed by atoms with Crippen molar-refractivity contribution in [2.24, 2.45) is 5.10 Å². The minimum absolute atomic E-state index is 0.215. The van der Waals surface area contributed by atoms with Gasteiger partial charge in [0.25, 0.3) is 5.91 Å². The van der Waals surface area contributed by atoms with Gasteiger partial charge in [-0.2, -0.15) is 5.10 Å². The van der Waals surface area contributed by atoms with E-state index in [1.54, 1.807) is 74.9 Å². The second kappa shape index (κ2) is 13.5. The molecule has 0 aliphatic rings. The van der Waals surface area contributed by atoms with Crippen LogP contribution in [0.15, 0.2) is 84.0 Å². The van der Waals surface area contributed by atoms with E-state index in [2.05, 4.69) is 15.5 Å². The number of carbonyl (C=O) groups is 2. The van der Waals surface area contributed by atoms with Crippen molar-refractivity contribution >= 4 is 52.2 Å². The van der Waals surface area contributed by atoms with Crippen LogP contribution in [0.25, 0.3) is 22.0 Å². The summed E-state index contributed by atoms with van der Waals surface area (Å²) in [6.07, 6.45) is 1.45. The molecule has 0 aliphatic carbocycles. The Balaban J connectivity index is 1.43. The average molecular weight is 633 g/mol. The number of esters is 1. The highest BCUT2D eigenvalue weighted by Crippen LogP contribution is 2.44. The predicted octanol–water partition coefficient (Wildman–Crippen LogP) is 7.54. The largest absolute Gasteiger partial charge is 0.496 e. The Morgan fingerprint density at radius 1 is 0.886 bits per heavy atom. The third-order valence-corrected chi connectivity index (χ3v) is 7.20. The molecule has 9 nitrogen and oxygen atoms in total. The van der Waals surface area contributed by atoms with Crippen LogP contribution in [-0.4, -0.2) is 43.9 Å². The van der Waals surface area contributed by atoms with Gasteiger partial charge in [0.1, 0.15) is 17.2 Å². The van der Waals surface area contributed by atoms with Crippen molar-refractivity contribution < 1.29 is 28.5 Å². The third-order valence-electron chi connectivity index (χ3n) is 6.62. The number of halogens is 2. The van der Waals surface area contributed by atoms with Crippen molar-refractivity contribution in [3.8, 4) is 34.1 Å². The lowest BCUT2D eigenvalue weighted by Gasteiger charge is -2.11. The number of hydrazone groups is 1. The Morgan fingerprint density at radius 2 is 1.59 bits per heavy atom. The van der Waals surface area contributed by atoms with Crippen LogP contribution in [0, 0.1) is 0 Å². The predicted molar refractivity (Wildman–Crippen MR) is 171 cm³/mol. The van der Waals surface area contributed by atoms with Crippen molar-refractivity contribution in [2.45, 2.75) is 6.92 Å². The first kappa shape index (κ1) is 30.5. The molecule has 0 fully saturated rings. The van der Waals surface area contributed by atoms with Gasteiger partial charge in [-0.15, -0.1) is 0 Å². The van der Waals surface area contributed by atoms with Gasteiger partial charge in [0.2, 0.25) is 0 Å². The van der Waals surface area contributed by atoms with E-state index in [0.29, 0.717) is 67.1 Å². The maximum absolute atomic E-state index is 13.5. The molecule has 2 N–H and O–H groups in total. The van der Waals surface area contributed by atoms with Crippen molar-refractivity contribution in [3.05, 3.63) is 106 Å². The molecule has 1 heterocycles. The van der Waals surface area contributed by atoms with Crippen molar-refractivity contribution in [3.63, 3.8) is 0 Å². The van der Waals surface area contributed by atoms with Gasteiger partial charge < -0.3 is 23.9 Å². The summed E-state index contributed by atoms with van der Waals surface area (Å²) in [5.74, 6) is 0.554. The van der Waals surface area contributed by atoms with E-state index in [1.807, 2.05) is 25.1 Å². The first-order valence-corrected chi connectivity index (χ1v) is 14.2. The lowest BCUT2D eigenvalue weighted by atomic mass is 10.0. The van der Waals surface area contributed by atoms with Gasteiger partial charge in [-0.1, -0.05) is 41.4 Å². The molecule has 11 heteroatoms. The summed E-state index contributed by atoms with van der Waals surface area (Å²) in [4.78, 5) is 29.3. The molecule has 1 aromatic heterocycles. The molecule has 0 atom stereocenters. The van der Waals surface area contributed by atoms with E-state index >= 15 is 0 Å². The van der Waals surface area contributed by atoms with E-state index in [9.17, 15) is 9.59 Å². The number of amides is 1. The fourth-order valence-electron chi connectivity index (χ4n) is 4.62. The first-order valence-electron chi connectivity index (χ1n) is 13.4. The second-order valence-corrected chi connectivity index (χ2v) is 10.2. The molecule has 0 saturated carbocycles. The van der Waals surface area contributed by atoms with Gasteiger partial charge in [-0.25, -0.2) is 10.2 Å². The van der Waals surface area contributed by atoms with Crippen LogP contribution < -0.4 is 24.4 Å². The fraction of sp³-hybridized carbons (Fsp3) is 0.121. The molecule has 5 rings (SSSR count). The number of ether oxygens (including phenoxy) is 4. The van der Waals surface area contributed by atoms with Gasteiger partial charge in [-0.05, 0) is 73.2 Å². The number of benzene rings is 4. The van der Waals surface area contributed by atoms with E-state index in [1.165, 1.54) is 6.21 Å². The first-order chi connectivity index (χ1) is 21.3. The standard InChI is InChI=1S/C33H27Cl2N3O6/c1-4-43-27-17-19(9-14-24(27)44-33(40)20-10-12-21(34)13-11-20)18-36-38-32(39)31-28(22-7-5-6-8-23(22)35)29-25(41-2)15-16-26(42-3)30(29)37-31/h5-18,37H,4H2,1-3H3,(H,38,39). The zero-order valence-electron chi connectivity index (χ0n) is 23.9. The number of aromatic nitrogens is 1. The van der Waals surface area contributed by atoms with Gasteiger partial charge >= 0.3 is 5.97 Å². The number of hydrogen-bond acceptors (Lipinski definition) is 7. The summed E-state index contributed by atoms with van der Waals surface area (Å²) < 4.78 is 22.4. The quantitative estimate of drug-likeness (QED) is 0.0713. The molecule has 1 amide bonds. The minimum atomic E-state index is -0.558. The van der Waals surface area contributed by atoms with Crippen molar-refractivity contribution in [1.82, 2.24) is 10.4 Å². The molecule has 0 spiro atoms. The number of methoxy groups -OCH3 is 2. The van der Waals surface area contributed by atoms with Gasteiger partial charge in [0.05, 0.1) is 43.5 Å². The monoisotopic (exact) mass is 631 g/mol. The number of hydrogen-bond donors (Lipinski definition) is 2. The number of nitrogens with zero attached hydrogens (tertiary/aromatic N) is 1. The van der Waals surface area contributed by atoms with Gasteiger partial charge in [-0.3, -0.25) is 4.79 Å². The van der Waals surface area contributed by atoms with Crippen molar-refractivity contribution in [2.75, 3.05) is 20.8 Å². The molecule has 44 heavy (non-hydrogen) atoms. The number of nitrogens with one attached hydrogen (secondary N) is 2. The molecule has 0 radical (unpaired) electrons. The fourth-order valence-corrected chi connectivity index (χ4v) is 4.97. The van der Waals surface area contributed by atoms with Crippen LogP contribution in [0.2, 0.25) is 10.0 Å². The molecule has 0 bridgehead atoms. The lowest BCUT2D eigenvalue weighted by Crippen LogP contribution is -2.19. The van der Waals surface area contributed by atoms with Crippen LogP contribution in [0.1, 0.15) is 33.3 Å². The molecule has 224 valence electrons. The van der Waals surface area contributed by atoms with Gasteiger partial charge in [0.15, 0.2) is 11.5 Å². The number of aromatic amines is 1. The Labute approximate surface area is 263 Å². The number of H-pyrrole nitrogens is 1. The SMILES string of the molecule is CCOc1cc(C=NNC(=O)c2[nH]c3c(OC)ccc(OC)c3c2-c2ccccc2Cl)ccc1OC(=O)c1ccc(Cl)cc1. The molecule has 5 aromatic rings. The maximum atomic E-state index is 13.5. The smallest absolute Gasteiger partial charge is 0.343 e. The number of fused-ring (bicyclic) bond motifs is 1. The summed E-state index contributed by atoms with van der Waals surface area (Å²) in [6, 6.07) is 22.0. The van der Waals surface area contributed by atoms with E-state index in [4.69, 9.17) is 42.1 Å². The summed E-state index contributed by atoms with van der Waals surface area (Å²) >= 11 is 12.5. The normalized spacial score (nSPS) is 11.0. The minimum Gasteiger partial charge on any atom is -0.496 e. The van der Waals surface area contributed by atoms with Crippen LogP contribution in [0.3, 0.4) is 0 Å². The van der Waals surface area contributed by atoms with E-state index < -0.39 is 11.9 Å². The third kappa shape index (κ3) is 6.34. The van der Waals surface area contributed by atoms with Crippen LogP contribution in [0.5, 0.6) is 23.0 Å². The van der Waals surface area contributed by atoms with Crippen LogP contribution in [0.4, 0.5) is 0 Å². The average Bonchev–Trinajstić information content (AvgIpc) is 3.43. The van der Waals surface area contributed by atoms with Crippen LogP contribution >= 0.6 is 23.2 Å². The zero-order valence-corrected chi connectivity index (χ0v) is 25.5. The molecular weight excluding hydrogens is 605 g/mol. The van der Waals surface area contributed by atoms with Crippen molar-refractivity contribution in [1.29, 1.82) is 0 Å². The molecular formula is C33H27Cl2N3O6. The second-order valence-electron chi connectivity index (χ2n) is 9.31. The van der Waals surface area contributed by atoms with Gasteiger partial charge in [0, 0.05) is 21.2 Å². The summed E-state index contributed by atoms with van der Waals surface area (Å²) in [7, 11) is 3.09. The van der Waals surface area contributed by atoms with Crippen LogP contribution in [-0.2, 0) is 0 Å². The molecule has 0 saturated heterocycles. The summed E-state index contributed by atoms with van der Waals surface area (Å²) in [5, 5.41) is 5.77. The number of carbonyl (C=O) groups excluding carboxylic acids is 2. The van der Waals surface area contributed by atoms with E-state index in [0.717, 1.165) is 0 Å². The summed E-state index contributed by atoms with van der Waals surface area (Å²) in [6.45, 7) is 2.15. The Kier molecular flexibility index (Phi) is 9.38. The maximum Gasteiger partial charge on any atom is 0.343 e. The van der Waals surface area contributed by atoms with E-state index in [-0.39, 0.29) is 11.4 Å². The molecule has 0 unspecified atom stereocenters. The molecule has 0 aliphatic heterocycles. The topological polar surface area (TPSA) is 111 Å². The highest BCUT2D eigenvalue weighted by Gasteiger charge is 2.25. The Hall–Kier alpha value is -4.99. The Morgan fingerprint density at radius 3 is 2.30 bits per heavy atom. The highest BCUT2D eigenvalue weighted by molar-refractivity contribution is 6.34. The molecule has 4 aromatic carbocycles. The number of rotatable bonds is 10. The lowest BCUT2D eigenvalue weighted by molar-refractivity contribution is 0.0728. The highest BCUT2D eigenvalue weighted by atomic mass is 35.5. The zero-order chi connectivity index (χ0) is 31.2. The Bertz CT molecular complexity index is 1870. The summed E-state index contributed by atoms with van der Waals surface area (Å²) in [5.41, 5.74) is 5.46.